The molecule has 1 aliphatic rings. The molecule has 0 saturated heterocycles. The fourth-order valence-corrected chi connectivity index (χ4v) is 5.33. The van der Waals surface area contributed by atoms with Crippen molar-refractivity contribution in [2.24, 2.45) is 0 Å². The van der Waals surface area contributed by atoms with E-state index in [9.17, 15) is 0 Å². The van der Waals surface area contributed by atoms with E-state index in [1.807, 2.05) is 12.1 Å². The van der Waals surface area contributed by atoms with Crippen LogP contribution in [-0.4, -0.2) is 42.3 Å². The fourth-order valence-electron chi connectivity index (χ4n) is 5.33. The van der Waals surface area contributed by atoms with Crippen molar-refractivity contribution >= 4 is 28.6 Å². The Morgan fingerprint density at radius 2 is 1.48 bits per heavy atom. The zero-order valence-corrected chi connectivity index (χ0v) is 23.7. The third-order valence-electron chi connectivity index (χ3n) is 7.38. The SMILES string of the molecule is COc1cc(CNc2nc(NC3CCCCC3)nc(NC(C)c3cccc4ccccc34)n2)cc(OC)c1OC. The Kier molecular flexibility index (Phi) is 8.68. The lowest BCUT2D eigenvalue weighted by Gasteiger charge is -2.23. The highest BCUT2D eigenvalue weighted by Crippen LogP contribution is 2.38. The van der Waals surface area contributed by atoms with Gasteiger partial charge in [-0.2, -0.15) is 15.0 Å². The van der Waals surface area contributed by atoms with Crippen molar-refractivity contribution in [3.8, 4) is 17.2 Å². The number of aromatic nitrogens is 3. The van der Waals surface area contributed by atoms with Crippen LogP contribution in [0.3, 0.4) is 0 Å². The lowest BCUT2D eigenvalue weighted by molar-refractivity contribution is 0.324. The van der Waals surface area contributed by atoms with Gasteiger partial charge in [-0.1, -0.05) is 61.7 Å². The maximum absolute atomic E-state index is 5.52. The summed E-state index contributed by atoms with van der Waals surface area (Å²) < 4.78 is 16.5. The monoisotopic (exact) mass is 542 g/mol. The number of hydrogen-bond donors (Lipinski definition) is 3. The number of fused-ring (bicyclic) bond motifs is 1. The Morgan fingerprint density at radius 1 is 0.800 bits per heavy atom. The molecule has 0 bridgehead atoms. The molecule has 1 fully saturated rings. The number of nitrogens with zero attached hydrogens (tertiary/aromatic N) is 3. The van der Waals surface area contributed by atoms with E-state index in [0.717, 1.165) is 18.4 Å². The zero-order chi connectivity index (χ0) is 27.9. The van der Waals surface area contributed by atoms with E-state index in [2.05, 4.69) is 65.3 Å². The third-order valence-corrected chi connectivity index (χ3v) is 7.38. The molecule has 1 saturated carbocycles. The number of hydrogen-bond acceptors (Lipinski definition) is 9. The van der Waals surface area contributed by atoms with Crippen LogP contribution in [-0.2, 0) is 6.54 Å². The molecule has 3 N–H and O–H groups in total. The Labute approximate surface area is 235 Å². The van der Waals surface area contributed by atoms with Gasteiger partial charge in [0.05, 0.1) is 27.4 Å². The lowest BCUT2D eigenvalue weighted by atomic mass is 9.96. The number of ether oxygens (including phenoxy) is 3. The molecular weight excluding hydrogens is 504 g/mol. The van der Waals surface area contributed by atoms with Crippen LogP contribution in [0.1, 0.15) is 56.2 Å². The average molecular weight is 543 g/mol. The topological polar surface area (TPSA) is 102 Å². The Bertz CT molecular complexity index is 1410. The standard InChI is InChI=1S/C31H38N6O3/c1-20(24-16-10-12-22-11-8-9-15-25(22)24)33-30-35-29(36-31(37-30)34-23-13-6-5-7-14-23)32-19-21-17-26(38-2)28(40-4)27(18-21)39-3/h8-12,15-18,20,23H,5-7,13-14,19H2,1-4H3,(H3,32,33,34,35,36,37). The van der Waals surface area contributed by atoms with Gasteiger partial charge in [0.2, 0.25) is 23.6 Å². The van der Waals surface area contributed by atoms with Gasteiger partial charge in [0.1, 0.15) is 0 Å². The van der Waals surface area contributed by atoms with Crippen molar-refractivity contribution in [2.75, 3.05) is 37.3 Å². The molecule has 5 rings (SSSR count). The third kappa shape index (κ3) is 6.30. The summed E-state index contributed by atoms with van der Waals surface area (Å²) in [4.78, 5) is 14.2. The Balaban J connectivity index is 1.40. The molecule has 9 heteroatoms. The first-order chi connectivity index (χ1) is 19.6. The number of methoxy groups -OCH3 is 3. The van der Waals surface area contributed by atoms with Gasteiger partial charge in [-0.15, -0.1) is 0 Å². The number of nitrogens with one attached hydrogen (secondary N) is 3. The summed E-state index contributed by atoms with van der Waals surface area (Å²) >= 11 is 0. The van der Waals surface area contributed by atoms with E-state index in [0.29, 0.717) is 47.7 Å². The molecule has 3 aromatic carbocycles. The first-order valence-corrected chi connectivity index (χ1v) is 13.9. The van der Waals surface area contributed by atoms with Crippen molar-refractivity contribution in [3.05, 3.63) is 65.7 Å². The Morgan fingerprint density at radius 3 is 2.20 bits per heavy atom. The zero-order valence-electron chi connectivity index (χ0n) is 23.7. The van der Waals surface area contributed by atoms with Crippen LogP contribution in [0.25, 0.3) is 10.8 Å². The normalized spacial score (nSPS) is 14.4. The summed E-state index contributed by atoms with van der Waals surface area (Å²) in [5, 5.41) is 12.9. The van der Waals surface area contributed by atoms with Crippen molar-refractivity contribution in [1.82, 2.24) is 15.0 Å². The van der Waals surface area contributed by atoms with Crippen LogP contribution in [0, 0.1) is 0 Å². The van der Waals surface area contributed by atoms with Gasteiger partial charge in [-0.3, -0.25) is 0 Å². The van der Waals surface area contributed by atoms with Crippen LogP contribution < -0.4 is 30.2 Å². The smallest absolute Gasteiger partial charge is 0.229 e. The fraction of sp³-hybridized carbons (Fsp3) is 0.387. The molecule has 40 heavy (non-hydrogen) atoms. The molecule has 0 amide bonds. The van der Waals surface area contributed by atoms with E-state index in [1.54, 1.807) is 21.3 Å². The molecule has 1 heterocycles. The van der Waals surface area contributed by atoms with Crippen LogP contribution in [0.15, 0.2) is 54.6 Å². The highest BCUT2D eigenvalue weighted by Gasteiger charge is 2.18. The largest absolute Gasteiger partial charge is 0.493 e. The first-order valence-electron chi connectivity index (χ1n) is 13.9. The highest BCUT2D eigenvalue weighted by atomic mass is 16.5. The van der Waals surface area contributed by atoms with Gasteiger partial charge >= 0.3 is 0 Å². The summed E-state index contributed by atoms with van der Waals surface area (Å²) in [6.07, 6.45) is 5.97. The highest BCUT2D eigenvalue weighted by molar-refractivity contribution is 5.86. The number of rotatable bonds is 11. The van der Waals surface area contributed by atoms with E-state index in [1.165, 1.54) is 35.6 Å². The van der Waals surface area contributed by atoms with Crippen molar-refractivity contribution in [3.63, 3.8) is 0 Å². The van der Waals surface area contributed by atoms with Crippen molar-refractivity contribution in [2.45, 2.75) is 57.7 Å². The maximum Gasteiger partial charge on any atom is 0.229 e. The molecule has 9 nitrogen and oxygen atoms in total. The van der Waals surface area contributed by atoms with Crippen LogP contribution >= 0.6 is 0 Å². The minimum absolute atomic E-state index is 0.0148. The van der Waals surface area contributed by atoms with Crippen LogP contribution in [0.5, 0.6) is 17.2 Å². The second-order valence-electron chi connectivity index (χ2n) is 10.1. The van der Waals surface area contributed by atoms with Gasteiger partial charge in [-0.05, 0) is 53.8 Å². The summed E-state index contributed by atoms with van der Waals surface area (Å²) in [7, 11) is 4.81. The summed E-state index contributed by atoms with van der Waals surface area (Å²) in [6, 6.07) is 19.0. The molecule has 1 aromatic heterocycles. The summed E-state index contributed by atoms with van der Waals surface area (Å²) in [6.45, 7) is 2.59. The van der Waals surface area contributed by atoms with Crippen molar-refractivity contribution < 1.29 is 14.2 Å². The average Bonchev–Trinajstić information content (AvgIpc) is 2.99. The molecule has 210 valence electrons. The molecule has 0 spiro atoms. The molecule has 0 aliphatic heterocycles. The number of benzene rings is 3. The molecular formula is C31H38N6O3. The number of anilines is 3. The van der Waals surface area contributed by atoms with E-state index in [4.69, 9.17) is 29.2 Å². The van der Waals surface area contributed by atoms with Gasteiger partial charge < -0.3 is 30.2 Å². The van der Waals surface area contributed by atoms with Gasteiger partial charge in [0, 0.05) is 12.6 Å². The summed E-state index contributed by atoms with van der Waals surface area (Å²) in [5.41, 5.74) is 2.13. The molecule has 1 atom stereocenters. The molecule has 1 unspecified atom stereocenters. The maximum atomic E-state index is 5.52. The van der Waals surface area contributed by atoms with Gasteiger partial charge in [-0.25, -0.2) is 0 Å². The molecule has 1 aliphatic carbocycles. The second-order valence-corrected chi connectivity index (χ2v) is 10.1. The van der Waals surface area contributed by atoms with Crippen molar-refractivity contribution in [1.29, 1.82) is 0 Å². The van der Waals surface area contributed by atoms with Crippen LogP contribution in [0.4, 0.5) is 17.8 Å². The summed E-state index contributed by atoms with van der Waals surface area (Å²) in [5.74, 6) is 3.32. The van der Waals surface area contributed by atoms with Crippen LogP contribution in [0.2, 0.25) is 0 Å². The van der Waals surface area contributed by atoms with E-state index in [-0.39, 0.29) is 6.04 Å². The molecule has 4 aromatic rings. The minimum Gasteiger partial charge on any atom is -0.493 e. The predicted octanol–water partition coefficient (Wildman–Crippen LogP) is 6.58. The van der Waals surface area contributed by atoms with Gasteiger partial charge in [0.25, 0.3) is 0 Å². The van der Waals surface area contributed by atoms with Gasteiger partial charge in [0.15, 0.2) is 11.5 Å². The van der Waals surface area contributed by atoms with E-state index >= 15 is 0 Å². The van der Waals surface area contributed by atoms with E-state index < -0.39 is 0 Å². The first kappa shape index (κ1) is 27.3. The Hall–Kier alpha value is -4.27. The quantitative estimate of drug-likeness (QED) is 0.194. The second kappa shape index (κ2) is 12.7. The minimum atomic E-state index is -0.0148. The molecule has 0 radical (unpaired) electrons. The lowest BCUT2D eigenvalue weighted by Crippen LogP contribution is -2.24. The predicted molar refractivity (Wildman–Crippen MR) is 160 cm³/mol.